The molecule has 0 saturated carbocycles. The zero-order valence-corrected chi connectivity index (χ0v) is 20.3. The maximum atomic E-state index is 13.5. The molecule has 3 aromatic rings. The highest BCUT2D eigenvalue weighted by Crippen LogP contribution is 2.33. The van der Waals surface area contributed by atoms with Gasteiger partial charge in [-0.25, -0.2) is 4.98 Å². The molecule has 1 aromatic heterocycles. The molecule has 0 fully saturated rings. The number of benzene rings is 2. The monoisotopic (exact) mass is 498 g/mol. The lowest BCUT2D eigenvalue weighted by molar-refractivity contribution is -0.384. The smallest absolute Gasteiger partial charge is 0.270 e. The zero-order valence-electron chi connectivity index (χ0n) is 17.9. The predicted molar refractivity (Wildman–Crippen MR) is 131 cm³/mol. The number of methoxy groups -OCH3 is 1. The number of carbonyl (C=O) groups excluding carboxylic acids is 1. The Labute approximate surface area is 201 Å². The van der Waals surface area contributed by atoms with Crippen molar-refractivity contribution in [1.29, 1.82) is 0 Å². The van der Waals surface area contributed by atoms with Crippen LogP contribution >= 0.6 is 35.3 Å². The number of nitro groups is 1. The van der Waals surface area contributed by atoms with Crippen molar-refractivity contribution in [2.75, 3.05) is 38.2 Å². The second-order valence-corrected chi connectivity index (χ2v) is 8.15. The predicted octanol–water partition coefficient (Wildman–Crippen LogP) is 5.28. The Bertz CT molecular complexity index is 1100. The topological polar surface area (TPSA) is 88.8 Å². The van der Waals surface area contributed by atoms with Crippen molar-refractivity contribution in [3.63, 3.8) is 0 Å². The Balaban J connectivity index is 0.00000363. The Hall–Kier alpha value is -2.46. The fraction of sp³-hybridized carbons (Fsp3) is 0.333. The Morgan fingerprint density at radius 1 is 1.19 bits per heavy atom. The highest BCUT2D eigenvalue weighted by molar-refractivity contribution is 7.22. The molecule has 0 radical (unpaired) electrons. The van der Waals surface area contributed by atoms with Crippen LogP contribution in [0.5, 0.6) is 5.75 Å². The van der Waals surface area contributed by atoms with Gasteiger partial charge in [0, 0.05) is 31.3 Å². The highest BCUT2D eigenvalue weighted by atomic mass is 35.5. The fourth-order valence-corrected chi connectivity index (χ4v) is 4.31. The first-order chi connectivity index (χ1) is 14.9. The van der Waals surface area contributed by atoms with E-state index in [1.54, 1.807) is 12.0 Å². The number of ether oxygens (including phenoxy) is 1. The van der Waals surface area contributed by atoms with Gasteiger partial charge in [-0.3, -0.25) is 19.8 Å². The second-order valence-electron chi connectivity index (χ2n) is 6.74. The zero-order chi connectivity index (χ0) is 22.5. The number of non-ortho nitro benzene ring substituents is 1. The molecule has 0 bridgehead atoms. The summed E-state index contributed by atoms with van der Waals surface area (Å²) in [6, 6.07) is 9.41. The molecule has 3 rings (SSSR count). The number of nitro benzene ring substituents is 1. The third-order valence-electron chi connectivity index (χ3n) is 4.98. The number of nitrogens with zero attached hydrogens (tertiary/aromatic N) is 4. The van der Waals surface area contributed by atoms with Gasteiger partial charge in [-0.05, 0) is 31.3 Å². The molecule has 2 aromatic carbocycles. The molecule has 11 heteroatoms. The Morgan fingerprint density at radius 2 is 1.91 bits per heavy atom. The van der Waals surface area contributed by atoms with Crippen LogP contribution in [0.3, 0.4) is 0 Å². The van der Waals surface area contributed by atoms with E-state index in [1.165, 1.54) is 29.5 Å². The summed E-state index contributed by atoms with van der Waals surface area (Å²) in [6.45, 7) is 6.79. The van der Waals surface area contributed by atoms with Gasteiger partial charge >= 0.3 is 0 Å². The number of hydrogen-bond donors (Lipinski definition) is 0. The minimum Gasteiger partial charge on any atom is -0.497 e. The molecule has 0 aliphatic carbocycles. The van der Waals surface area contributed by atoms with E-state index >= 15 is 0 Å². The largest absolute Gasteiger partial charge is 0.497 e. The maximum Gasteiger partial charge on any atom is 0.270 e. The van der Waals surface area contributed by atoms with Crippen molar-refractivity contribution in [3.8, 4) is 5.75 Å². The number of carbonyl (C=O) groups is 1. The van der Waals surface area contributed by atoms with Crippen LogP contribution < -0.4 is 9.64 Å². The van der Waals surface area contributed by atoms with Crippen molar-refractivity contribution >= 4 is 62.3 Å². The lowest BCUT2D eigenvalue weighted by atomic mass is 10.1. The summed E-state index contributed by atoms with van der Waals surface area (Å²) in [6.07, 6.45) is 0. The van der Waals surface area contributed by atoms with Crippen LogP contribution in [0.25, 0.3) is 10.2 Å². The van der Waals surface area contributed by atoms with Gasteiger partial charge in [0.15, 0.2) is 5.13 Å². The number of fused-ring (bicyclic) bond motifs is 1. The van der Waals surface area contributed by atoms with Crippen LogP contribution in [-0.2, 0) is 0 Å². The lowest BCUT2D eigenvalue weighted by Crippen LogP contribution is -2.39. The third-order valence-corrected chi connectivity index (χ3v) is 6.37. The summed E-state index contributed by atoms with van der Waals surface area (Å²) in [5.74, 6) is 0.249. The first kappa shape index (κ1) is 25.8. The average molecular weight is 499 g/mol. The van der Waals surface area contributed by atoms with E-state index in [2.05, 4.69) is 23.7 Å². The molecule has 0 atom stereocenters. The molecule has 32 heavy (non-hydrogen) atoms. The van der Waals surface area contributed by atoms with E-state index in [-0.39, 0.29) is 28.7 Å². The van der Waals surface area contributed by atoms with Crippen molar-refractivity contribution in [2.45, 2.75) is 13.8 Å². The SMILES string of the molecule is CCN(CC)CCN(C(=O)c1cc([N+](=O)[O-])ccc1Cl)c1nc2cc(OC)ccc2s1.Cl. The second kappa shape index (κ2) is 11.4. The number of amides is 1. The summed E-state index contributed by atoms with van der Waals surface area (Å²) in [7, 11) is 1.58. The molecule has 0 unspecified atom stereocenters. The van der Waals surface area contributed by atoms with Gasteiger partial charge < -0.3 is 9.64 Å². The van der Waals surface area contributed by atoms with Crippen LogP contribution in [0, 0.1) is 10.1 Å². The van der Waals surface area contributed by atoms with E-state index < -0.39 is 10.8 Å². The van der Waals surface area contributed by atoms with E-state index in [9.17, 15) is 14.9 Å². The standard InChI is InChI=1S/C21H23ClN4O4S.ClH/c1-4-24(5-2)10-11-25(20(27)16-12-14(26(28)29)6-8-17(16)22)21-23-18-13-15(30-3)7-9-19(18)31-21;/h6-9,12-13H,4-5,10-11H2,1-3H3;1H. The number of thiazole rings is 1. The molecular weight excluding hydrogens is 475 g/mol. The van der Waals surface area contributed by atoms with Crippen LogP contribution in [0.4, 0.5) is 10.8 Å². The number of rotatable bonds is 9. The molecule has 0 spiro atoms. The van der Waals surface area contributed by atoms with Gasteiger partial charge in [-0.1, -0.05) is 36.8 Å². The van der Waals surface area contributed by atoms with Gasteiger partial charge in [-0.2, -0.15) is 0 Å². The van der Waals surface area contributed by atoms with Crippen LogP contribution in [-0.4, -0.2) is 54.0 Å². The number of halogens is 2. The van der Waals surface area contributed by atoms with E-state index in [4.69, 9.17) is 16.3 Å². The maximum absolute atomic E-state index is 13.5. The van der Waals surface area contributed by atoms with Gasteiger partial charge in [0.25, 0.3) is 11.6 Å². The minimum absolute atomic E-state index is 0. The molecule has 0 N–H and O–H groups in total. The van der Waals surface area contributed by atoms with Gasteiger partial charge in [-0.15, -0.1) is 12.4 Å². The highest BCUT2D eigenvalue weighted by Gasteiger charge is 2.25. The van der Waals surface area contributed by atoms with Crippen LogP contribution in [0.2, 0.25) is 5.02 Å². The summed E-state index contributed by atoms with van der Waals surface area (Å²) in [5.41, 5.74) is 0.600. The van der Waals surface area contributed by atoms with Crippen molar-refractivity contribution in [2.24, 2.45) is 0 Å². The Morgan fingerprint density at radius 3 is 2.53 bits per heavy atom. The Kier molecular flexibility index (Phi) is 9.21. The molecular formula is C21H24Cl2N4O4S. The number of aromatic nitrogens is 1. The van der Waals surface area contributed by atoms with E-state index in [0.717, 1.165) is 17.8 Å². The normalized spacial score (nSPS) is 10.8. The molecule has 172 valence electrons. The summed E-state index contributed by atoms with van der Waals surface area (Å²) < 4.78 is 6.17. The quantitative estimate of drug-likeness (QED) is 0.294. The molecule has 0 saturated heterocycles. The fourth-order valence-electron chi connectivity index (χ4n) is 3.14. The van der Waals surface area contributed by atoms with Crippen molar-refractivity contribution in [1.82, 2.24) is 9.88 Å². The number of hydrogen-bond acceptors (Lipinski definition) is 7. The molecule has 0 aliphatic heterocycles. The van der Waals surface area contributed by atoms with Crippen LogP contribution in [0.15, 0.2) is 36.4 Å². The van der Waals surface area contributed by atoms with E-state index in [1.807, 2.05) is 18.2 Å². The average Bonchev–Trinajstić information content (AvgIpc) is 3.19. The van der Waals surface area contributed by atoms with E-state index in [0.29, 0.717) is 29.5 Å². The van der Waals surface area contributed by atoms with Gasteiger partial charge in [0.2, 0.25) is 0 Å². The first-order valence-electron chi connectivity index (χ1n) is 9.80. The lowest BCUT2D eigenvalue weighted by Gasteiger charge is -2.25. The molecule has 0 aliphatic rings. The van der Waals surface area contributed by atoms with Gasteiger partial charge in [0.1, 0.15) is 5.75 Å². The third kappa shape index (κ3) is 5.66. The van der Waals surface area contributed by atoms with Gasteiger partial charge in [0.05, 0.1) is 32.8 Å². The van der Waals surface area contributed by atoms with Crippen molar-refractivity contribution < 1.29 is 14.5 Å². The number of anilines is 1. The summed E-state index contributed by atoms with van der Waals surface area (Å²) >= 11 is 7.62. The van der Waals surface area contributed by atoms with Crippen molar-refractivity contribution in [3.05, 3.63) is 57.1 Å². The summed E-state index contributed by atoms with van der Waals surface area (Å²) in [5, 5.41) is 11.9. The summed E-state index contributed by atoms with van der Waals surface area (Å²) in [4.78, 5) is 32.5. The molecule has 1 amide bonds. The molecule has 8 nitrogen and oxygen atoms in total. The van der Waals surface area contributed by atoms with Crippen LogP contribution in [0.1, 0.15) is 24.2 Å². The first-order valence-corrected chi connectivity index (χ1v) is 11.0. The molecule has 1 heterocycles. The minimum atomic E-state index is -0.544. The number of likely N-dealkylation sites (N-methyl/N-ethyl adjacent to an activating group) is 1.